The predicted molar refractivity (Wildman–Crippen MR) is 51.7 cm³/mol. The Bertz CT molecular complexity index is 288. The first-order valence-corrected chi connectivity index (χ1v) is 5.34. The average molecular weight is 277 g/mol. The highest BCUT2D eigenvalue weighted by Gasteiger charge is 2.56. The number of rotatable bonds is 7. The maximum Gasteiger partial charge on any atom is 0.453 e. The van der Waals surface area contributed by atoms with E-state index >= 15 is 0 Å². The van der Waals surface area contributed by atoms with Crippen molar-refractivity contribution in [2.45, 2.75) is 31.4 Å². The number of carboxylic acid groups (broad SMARTS) is 1. The van der Waals surface area contributed by atoms with E-state index in [-0.39, 0.29) is 30.4 Å². The molecule has 0 aliphatic rings. The first-order valence-electron chi connectivity index (χ1n) is 5.34. The molecule has 0 heterocycles. The maximum atomic E-state index is 12.5. The molecule has 0 spiro atoms. The fourth-order valence-corrected chi connectivity index (χ4v) is 1.46. The Morgan fingerprint density at radius 2 is 1.61 bits per heavy atom. The van der Waals surface area contributed by atoms with Gasteiger partial charge in [-0.2, -0.15) is 22.0 Å². The zero-order chi connectivity index (χ0) is 14.6. The summed E-state index contributed by atoms with van der Waals surface area (Å²) in [5.41, 5.74) is 0. The lowest BCUT2D eigenvalue weighted by atomic mass is 10.1. The highest BCUT2D eigenvalue weighted by molar-refractivity contribution is 5.65. The van der Waals surface area contributed by atoms with Crippen LogP contribution in [-0.2, 0) is 4.79 Å². The first kappa shape index (κ1) is 17.1. The van der Waals surface area contributed by atoms with Gasteiger partial charge >= 0.3 is 12.1 Å². The minimum absolute atomic E-state index is 0.0140. The molecule has 8 heteroatoms. The molecule has 0 saturated carbocycles. The van der Waals surface area contributed by atoms with Gasteiger partial charge in [-0.25, -0.2) is 0 Å². The van der Waals surface area contributed by atoms with Crippen molar-refractivity contribution in [2.24, 2.45) is 0 Å². The van der Waals surface area contributed by atoms with Crippen molar-refractivity contribution in [1.29, 1.82) is 0 Å². The molecule has 0 fully saturated rings. The minimum atomic E-state index is -5.53. The van der Waals surface area contributed by atoms with Gasteiger partial charge in [0.1, 0.15) is 6.54 Å². The van der Waals surface area contributed by atoms with Gasteiger partial charge in [0.05, 0.1) is 26.6 Å². The van der Waals surface area contributed by atoms with Crippen molar-refractivity contribution < 1.29 is 36.3 Å². The van der Waals surface area contributed by atoms with Crippen LogP contribution in [0.25, 0.3) is 0 Å². The summed E-state index contributed by atoms with van der Waals surface area (Å²) in [6, 6.07) is 0. The number of nitrogens with zero attached hydrogens (tertiary/aromatic N) is 1. The maximum absolute atomic E-state index is 12.5. The number of halogens is 5. The van der Waals surface area contributed by atoms with Crippen LogP contribution in [0.5, 0.6) is 0 Å². The Balaban J connectivity index is 4.04. The molecule has 0 amide bonds. The van der Waals surface area contributed by atoms with Gasteiger partial charge in [-0.15, -0.1) is 0 Å². The molecule has 0 rings (SSSR count). The fourth-order valence-electron chi connectivity index (χ4n) is 1.46. The highest BCUT2D eigenvalue weighted by Crippen LogP contribution is 2.39. The van der Waals surface area contributed by atoms with Crippen LogP contribution in [0.2, 0.25) is 0 Å². The quantitative estimate of drug-likeness (QED) is 0.398. The molecule has 0 aliphatic carbocycles. The van der Waals surface area contributed by atoms with Crippen LogP contribution in [0.15, 0.2) is 0 Å². The van der Waals surface area contributed by atoms with Crippen molar-refractivity contribution in [2.75, 3.05) is 27.2 Å². The van der Waals surface area contributed by atoms with E-state index in [1.165, 1.54) is 14.1 Å². The Morgan fingerprint density at radius 3 is 2.00 bits per heavy atom. The number of likely N-dealkylation sites (N-methyl/N-ethyl adjacent to an activating group) is 1. The summed E-state index contributed by atoms with van der Waals surface area (Å²) < 4.78 is 60.5. The second kappa shape index (κ2) is 5.81. The molecule has 0 aromatic carbocycles. The molecule has 3 nitrogen and oxygen atoms in total. The van der Waals surface area contributed by atoms with Gasteiger partial charge in [-0.1, -0.05) is 0 Å². The molecular formula is C10H16F5NO2. The number of hydrogen-bond acceptors (Lipinski definition) is 2. The third-order valence-corrected chi connectivity index (χ3v) is 2.48. The zero-order valence-corrected chi connectivity index (χ0v) is 10.2. The summed E-state index contributed by atoms with van der Waals surface area (Å²) in [5.74, 6) is -5.97. The molecule has 0 aromatic heterocycles. The van der Waals surface area contributed by atoms with Gasteiger partial charge in [-0.3, -0.25) is 0 Å². The molecule has 0 atom stereocenters. The van der Waals surface area contributed by atoms with Gasteiger partial charge < -0.3 is 14.4 Å². The number of carbonyl (C=O) groups excluding carboxylic acids is 1. The van der Waals surface area contributed by atoms with Gasteiger partial charge in [-0.05, 0) is 12.8 Å². The molecular weight excluding hydrogens is 261 g/mol. The van der Waals surface area contributed by atoms with Crippen molar-refractivity contribution in [3.8, 4) is 0 Å². The number of carboxylic acids is 1. The summed E-state index contributed by atoms with van der Waals surface area (Å²) in [5, 5.41) is 10.3. The summed E-state index contributed by atoms with van der Waals surface area (Å²) in [4.78, 5) is 10.3. The van der Waals surface area contributed by atoms with E-state index in [0.717, 1.165) is 0 Å². The van der Waals surface area contributed by atoms with Crippen molar-refractivity contribution >= 4 is 5.97 Å². The lowest BCUT2D eigenvalue weighted by Crippen LogP contribution is -2.48. The molecule has 108 valence electrons. The van der Waals surface area contributed by atoms with Crippen LogP contribution in [0, 0.1) is 0 Å². The number of hydrogen-bond donors (Lipinski definition) is 0. The lowest BCUT2D eigenvalue weighted by Gasteiger charge is -2.30. The SMILES string of the molecule is C[N+](C)(CCCCC(F)(F)C(F)(F)F)CC(=O)[O-]. The molecule has 0 unspecified atom stereocenters. The summed E-state index contributed by atoms with van der Waals surface area (Å²) in [6.07, 6.45) is -7.03. The largest absolute Gasteiger partial charge is 0.544 e. The number of carbonyl (C=O) groups is 1. The van der Waals surface area contributed by atoms with Crippen LogP contribution < -0.4 is 5.11 Å². The number of aliphatic carboxylic acids is 1. The molecule has 0 bridgehead atoms. The van der Waals surface area contributed by atoms with Crippen LogP contribution in [0.1, 0.15) is 19.3 Å². The van der Waals surface area contributed by atoms with Gasteiger partial charge in [0, 0.05) is 6.42 Å². The molecule has 0 aromatic rings. The first-order chi connectivity index (χ1) is 7.87. The van der Waals surface area contributed by atoms with E-state index < -0.39 is 24.5 Å². The topological polar surface area (TPSA) is 40.1 Å². The van der Waals surface area contributed by atoms with Crippen LogP contribution >= 0.6 is 0 Å². The summed E-state index contributed by atoms with van der Waals surface area (Å²) in [7, 11) is 3.08. The normalized spacial score (nSPS) is 13.7. The zero-order valence-electron chi connectivity index (χ0n) is 10.2. The monoisotopic (exact) mass is 277 g/mol. The number of quaternary nitrogens is 1. The second-order valence-corrected chi connectivity index (χ2v) is 4.85. The van der Waals surface area contributed by atoms with Gasteiger partial charge in [0.15, 0.2) is 0 Å². The fraction of sp³-hybridized carbons (Fsp3) is 0.900. The van der Waals surface area contributed by atoms with E-state index in [2.05, 4.69) is 0 Å². The van der Waals surface area contributed by atoms with E-state index in [1.807, 2.05) is 0 Å². The van der Waals surface area contributed by atoms with Gasteiger partial charge in [0.2, 0.25) is 0 Å². The third-order valence-electron chi connectivity index (χ3n) is 2.48. The highest BCUT2D eigenvalue weighted by atomic mass is 19.4. The van der Waals surface area contributed by atoms with Crippen molar-refractivity contribution in [1.82, 2.24) is 0 Å². The molecule has 0 saturated heterocycles. The van der Waals surface area contributed by atoms with Crippen LogP contribution in [0.4, 0.5) is 22.0 Å². The van der Waals surface area contributed by atoms with E-state index in [4.69, 9.17) is 0 Å². The predicted octanol–water partition coefficient (Wildman–Crippen LogP) is 1.18. The molecule has 18 heavy (non-hydrogen) atoms. The van der Waals surface area contributed by atoms with Crippen LogP contribution in [-0.4, -0.2) is 49.7 Å². The van der Waals surface area contributed by atoms with E-state index in [1.54, 1.807) is 0 Å². The van der Waals surface area contributed by atoms with E-state index in [9.17, 15) is 31.9 Å². The van der Waals surface area contributed by atoms with Gasteiger partial charge in [0.25, 0.3) is 0 Å². The standard InChI is InChI=1S/C10H16F5NO2/c1-16(2,7-8(17)18)6-4-3-5-9(11,12)10(13,14)15/h3-7H2,1-2H3. The number of alkyl halides is 5. The Morgan fingerprint density at radius 1 is 1.11 bits per heavy atom. The smallest absolute Gasteiger partial charge is 0.453 e. The third kappa shape index (κ3) is 6.13. The summed E-state index contributed by atoms with van der Waals surface area (Å²) in [6.45, 7) is -0.114. The minimum Gasteiger partial charge on any atom is -0.544 e. The Hall–Kier alpha value is -0.920. The molecule has 0 radical (unpaired) electrons. The van der Waals surface area contributed by atoms with Crippen LogP contribution in [0.3, 0.4) is 0 Å². The second-order valence-electron chi connectivity index (χ2n) is 4.85. The Kier molecular flexibility index (Phi) is 5.52. The van der Waals surface area contributed by atoms with Crippen molar-refractivity contribution in [3.63, 3.8) is 0 Å². The average Bonchev–Trinajstić information content (AvgIpc) is 2.08. The molecule has 0 aliphatic heterocycles. The summed E-state index contributed by atoms with van der Waals surface area (Å²) >= 11 is 0. The Labute approximate surface area is 102 Å². The lowest BCUT2D eigenvalue weighted by molar-refractivity contribution is -0.885. The molecule has 0 N–H and O–H groups in total. The number of unbranched alkanes of at least 4 members (excludes halogenated alkanes) is 1. The van der Waals surface area contributed by atoms with Crippen molar-refractivity contribution in [3.05, 3.63) is 0 Å². The van der Waals surface area contributed by atoms with E-state index in [0.29, 0.717) is 0 Å².